The van der Waals surface area contributed by atoms with E-state index in [9.17, 15) is 0 Å². The van der Waals surface area contributed by atoms with Crippen LogP contribution < -0.4 is 5.73 Å². The topological polar surface area (TPSA) is 41.8 Å². The van der Waals surface area contributed by atoms with Gasteiger partial charge in [0.2, 0.25) is 0 Å². The van der Waals surface area contributed by atoms with Crippen LogP contribution in [0, 0.1) is 0 Å². The number of aromatic nitrogens is 1. The lowest BCUT2D eigenvalue weighted by Crippen LogP contribution is -2.27. The SMILES string of the molecule is C=CC(N)C1CCc2cccc3[nH]cc1c23. The van der Waals surface area contributed by atoms with Gasteiger partial charge < -0.3 is 10.7 Å². The fourth-order valence-electron chi connectivity index (χ4n) is 2.82. The summed E-state index contributed by atoms with van der Waals surface area (Å²) in [5.41, 5.74) is 10.1. The van der Waals surface area contributed by atoms with Crippen molar-refractivity contribution in [3.05, 3.63) is 48.2 Å². The molecule has 0 saturated carbocycles. The number of aryl methyl sites for hydroxylation is 1. The minimum atomic E-state index is 0.0624. The summed E-state index contributed by atoms with van der Waals surface area (Å²) in [4.78, 5) is 3.34. The van der Waals surface area contributed by atoms with E-state index < -0.39 is 0 Å². The largest absolute Gasteiger partial charge is 0.361 e. The number of nitrogens with one attached hydrogen (secondary N) is 1. The van der Waals surface area contributed by atoms with E-state index >= 15 is 0 Å². The molecule has 0 saturated heterocycles. The van der Waals surface area contributed by atoms with Crippen LogP contribution in [0.15, 0.2) is 37.1 Å². The molecule has 16 heavy (non-hydrogen) atoms. The van der Waals surface area contributed by atoms with Crippen LogP contribution in [0.1, 0.15) is 23.5 Å². The molecule has 0 amide bonds. The van der Waals surface area contributed by atoms with E-state index in [0.717, 1.165) is 12.8 Å². The molecule has 2 unspecified atom stereocenters. The second-order valence-electron chi connectivity index (χ2n) is 4.54. The summed E-state index contributed by atoms with van der Waals surface area (Å²) in [6.07, 6.45) is 6.21. The van der Waals surface area contributed by atoms with E-state index in [2.05, 4.69) is 36.0 Å². The van der Waals surface area contributed by atoms with E-state index in [1.807, 2.05) is 6.08 Å². The lowest BCUT2D eigenvalue weighted by molar-refractivity contribution is 0.560. The van der Waals surface area contributed by atoms with E-state index in [4.69, 9.17) is 5.73 Å². The molecular weight excluding hydrogens is 196 g/mol. The van der Waals surface area contributed by atoms with Crippen LogP contribution in [0.2, 0.25) is 0 Å². The lowest BCUT2D eigenvalue weighted by Gasteiger charge is -2.25. The van der Waals surface area contributed by atoms with Crippen LogP contribution in [-0.2, 0) is 6.42 Å². The summed E-state index contributed by atoms with van der Waals surface area (Å²) in [7, 11) is 0. The first kappa shape index (κ1) is 9.67. The molecule has 3 N–H and O–H groups in total. The molecule has 2 atom stereocenters. The Bertz CT molecular complexity index is 539. The Labute approximate surface area is 95.2 Å². The molecule has 0 fully saturated rings. The third-order valence-corrected chi connectivity index (χ3v) is 3.68. The fourth-order valence-corrected chi connectivity index (χ4v) is 2.82. The average molecular weight is 212 g/mol. The van der Waals surface area contributed by atoms with Crippen LogP contribution in [-0.4, -0.2) is 11.0 Å². The van der Waals surface area contributed by atoms with Gasteiger partial charge in [-0.15, -0.1) is 6.58 Å². The molecule has 2 nitrogen and oxygen atoms in total. The normalized spacial score (nSPS) is 20.9. The predicted octanol–water partition coefficient (Wildman–Crippen LogP) is 2.71. The molecule has 0 spiro atoms. The van der Waals surface area contributed by atoms with Crippen molar-refractivity contribution < 1.29 is 0 Å². The van der Waals surface area contributed by atoms with E-state index in [0.29, 0.717) is 5.92 Å². The van der Waals surface area contributed by atoms with Gasteiger partial charge in [0, 0.05) is 29.1 Å². The third kappa shape index (κ3) is 1.23. The lowest BCUT2D eigenvalue weighted by atomic mass is 9.80. The monoisotopic (exact) mass is 212 g/mol. The van der Waals surface area contributed by atoms with Gasteiger partial charge in [0.25, 0.3) is 0 Å². The van der Waals surface area contributed by atoms with Gasteiger partial charge >= 0.3 is 0 Å². The zero-order chi connectivity index (χ0) is 11.1. The van der Waals surface area contributed by atoms with Gasteiger partial charge in [0.15, 0.2) is 0 Å². The fraction of sp³-hybridized carbons (Fsp3) is 0.286. The Morgan fingerprint density at radius 2 is 2.38 bits per heavy atom. The molecule has 1 aromatic carbocycles. The summed E-state index contributed by atoms with van der Waals surface area (Å²) in [5.74, 6) is 0.418. The Balaban J connectivity index is 2.21. The summed E-state index contributed by atoms with van der Waals surface area (Å²) < 4.78 is 0. The van der Waals surface area contributed by atoms with Crippen LogP contribution in [0.3, 0.4) is 0 Å². The summed E-state index contributed by atoms with van der Waals surface area (Å²) in [5, 5.41) is 1.39. The molecule has 1 heterocycles. The molecule has 3 rings (SSSR count). The van der Waals surface area contributed by atoms with Gasteiger partial charge in [-0.2, -0.15) is 0 Å². The smallest absolute Gasteiger partial charge is 0.0459 e. The number of H-pyrrole nitrogens is 1. The Morgan fingerprint density at radius 3 is 3.19 bits per heavy atom. The number of rotatable bonds is 2. The molecule has 2 heteroatoms. The van der Waals surface area contributed by atoms with Gasteiger partial charge in [0.1, 0.15) is 0 Å². The molecule has 1 aliphatic rings. The summed E-state index contributed by atoms with van der Waals surface area (Å²) in [6.45, 7) is 3.80. The van der Waals surface area contributed by atoms with Crippen molar-refractivity contribution in [2.24, 2.45) is 5.73 Å². The minimum Gasteiger partial charge on any atom is -0.361 e. The third-order valence-electron chi connectivity index (χ3n) is 3.68. The number of hydrogen-bond acceptors (Lipinski definition) is 1. The van der Waals surface area contributed by atoms with Gasteiger partial charge in [-0.3, -0.25) is 0 Å². The first-order valence-corrected chi connectivity index (χ1v) is 5.78. The molecule has 0 aliphatic heterocycles. The van der Waals surface area contributed by atoms with Crippen molar-refractivity contribution in [1.82, 2.24) is 4.98 Å². The molecule has 82 valence electrons. The number of nitrogens with two attached hydrogens (primary N) is 1. The zero-order valence-electron chi connectivity index (χ0n) is 9.24. The molecular formula is C14H16N2. The van der Waals surface area contributed by atoms with Crippen molar-refractivity contribution in [3.63, 3.8) is 0 Å². The highest BCUT2D eigenvalue weighted by atomic mass is 14.7. The molecule has 2 aromatic rings. The second kappa shape index (κ2) is 3.49. The summed E-state index contributed by atoms with van der Waals surface area (Å²) in [6, 6.07) is 6.53. The predicted molar refractivity (Wildman–Crippen MR) is 67.5 cm³/mol. The Hall–Kier alpha value is -1.54. The molecule has 1 aromatic heterocycles. The van der Waals surface area contributed by atoms with E-state index in [-0.39, 0.29) is 6.04 Å². The maximum Gasteiger partial charge on any atom is 0.0459 e. The van der Waals surface area contributed by atoms with Crippen molar-refractivity contribution >= 4 is 10.9 Å². The Morgan fingerprint density at radius 1 is 1.50 bits per heavy atom. The van der Waals surface area contributed by atoms with Crippen molar-refractivity contribution in [3.8, 4) is 0 Å². The molecule has 1 aliphatic carbocycles. The highest BCUT2D eigenvalue weighted by Crippen LogP contribution is 2.37. The first-order chi connectivity index (χ1) is 7.81. The van der Waals surface area contributed by atoms with Crippen LogP contribution >= 0.6 is 0 Å². The zero-order valence-corrected chi connectivity index (χ0v) is 9.24. The van der Waals surface area contributed by atoms with Crippen LogP contribution in [0.25, 0.3) is 10.9 Å². The number of benzene rings is 1. The van der Waals surface area contributed by atoms with Crippen LogP contribution in [0.5, 0.6) is 0 Å². The van der Waals surface area contributed by atoms with Gasteiger partial charge in [-0.05, 0) is 30.0 Å². The highest BCUT2D eigenvalue weighted by molar-refractivity contribution is 5.88. The summed E-state index contributed by atoms with van der Waals surface area (Å²) >= 11 is 0. The van der Waals surface area contributed by atoms with Gasteiger partial charge in [-0.25, -0.2) is 0 Å². The minimum absolute atomic E-state index is 0.0624. The quantitative estimate of drug-likeness (QED) is 0.738. The molecule has 0 bridgehead atoms. The maximum absolute atomic E-state index is 6.11. The number of aromatic amines is 1. The maximum atomic E-state index is 6.11. The molecule has 0 radical (unpaired) electrons. The van der Waals surface area contributed by atoms with Crippen molar-refractivity contribution in [1.29, 1.82) is 0 Å². The van der Waals surface area contributed by atoms with E-state index in [1.54, 1.807) is 0 Å². The highest BCUT2D eigenvalue weighted by Gasteiger charge is 2.25. The van der Waals surface area contributed by atoms with Gasteiger partial charge in [0.05, 0.1) is 0 Å². The van der Waals surface area contributed by atoms with Crippen molar-refractivity contribution in [2.45, 2.75) is 24.8 Å². The first-order valence-electron chi connectivity index (χ1n) is 5.78. The van der Waals surface area contributed by atoms with Crippen LogP contribution in [0.4, 0.5) is 0 Å². The number of hydrogen-bond donors (Lipinski definition) is 2. The van der Waals surface area contributed by atoms with E-state index in [1.165, 1.54) is 22.0 Å². The standard InChI is InChI=1S/C14H16N2/c1-2-12(15)10-7-6-9-4-3-5-13-14(9)11(10)8-16-13/h2-5,8,10,12,16H,1,6-7,15H2. The average Bonchev–Trinajstić information content (AvgIpc) is 2.75. The Kier molecular flexibility index (Phi) is 2.11. The van der Waals surface area contributed by atoms with Gasteiger partial charge in [-0.1, -0.05) is 18.2 Å². The van der Waals surface area contributed by atoms with Crippen molar-refractivity contribution in [2.75, 3.05) is 0 Å². The second-order valence-corrected chi connectivity index (χ2v) is 4.54.